The van der Waals surface area contributed by atoms with Crippen LogP contribution in [0.5, 0.6) is 0 Å². The van der Waals surface area contributed by atoms with Crippen LogP contribution in [0.2, 0.25) is 0 Å². The molecule has 1 aromatic carbocycles. The molecule has 1 fully saturated rings. The van der Waals surface area contributed by atoms with Crippen LogP contribution in [0.15, 0.2) is 24.3 Å². The van der Waals surface area contributed by atoms with Crippen LogP contribution in [-0.2, 0) is 14.3 Å². The molecule has 6 nitrogen and oxygen atoms in total. The molecule has 2 amide bonds. The summed E-state index contributed by atoms with van der Waals surface area (Å²) in [4.78, 5) is 37.5. The summed E-state index contributed by atoms with van der Waals surface area (Å²) in [7, 11) is 0. The molecule has 0 saturated carbocycles. The van der Waals surface area contributed by atoms with Crippen molar-refractivity contribution in [3.05, 3.63) is 35.6 Å². The van der Waals surface area contributed by atoms with Crippen LogP contribution in [0.4, 0.5) is 4.39 Å². The minimum Gasteiger partial charge on any atom is -0.454 e. The molecule has 0 radical (unpaired) electrons. The van der Waals surface area contributed by atoms with Crippen molar-refractivity contribution >= 4 is 17.8 Å². The van der Waals surface area contributed by atoms with Crippen molar-refractivity contribution in [2.45, 2.75) is 45.2 Å². The van der Waals surface area contributed by atoms with Crippen molar-refractivity contribution < 1.29 is 23.5 Å². The highest BCUT2D eigenvalue weighted by molar-refractivity contribution is 5.96. The molecule has 25 heavy (non-hydrogen) atoms. The van der Waals surface area contributed by atoms with E-state index >= 15 is 0 Å². The summed E-state index contributed by atoms with van der Waals surface area (Å²) < 4.78 is 18.0. The normalized spacial score (nSPS) is 20.0. The summed E-state index contributed by atoms with van der Waals surface area (Å²) >= 11 is 0. The zero-order valence-corrected chi connectivity index (χ0v) is 14.5. The van der Waals surface area contributed by atoms with E-state index in [0.29, 0.717) is 0 Å². The summed E-state index contributed by atoms with van der Waals surface area (Å²) in [6.07, 6.45) is 2.96. The van der Waals surface area contributed by atoms with Gasteiger partial charge in [-0.25, -0.2) is 4.39 Å². The van der Waals surface area contributed by atoms with Crippen LogP contribution in [0.3, 0.4) is 0 Å². The van der Waals surface area contributed by atoms with E-state index in [1.54, 1.807) is 4.90 Å². The monoisotopic (exact) mass is 350 g/mol. The first-order valence-electron chi connectivity index (χ1n) is 8.39. The predicted molar refractivity (Wildman–Crippen MR) is 89.3 cm³/mol. The van der Waals surface area contributed by atoms with Gasteiger partial charge in [-0.3, -0.25) is 14.4 Å². The minimum absolute atomic E-state index is 0.111. The van der Waals surface area contributed by atoms with Gasteiger partial charge in [-0.2, -0.15) is 0 Å². The minimum atomic E-state index is -0.713. The van der Waals surface area contributed by atoms with Crippen LogP contribution < -0.4 is 5.32 Å². The first kappa shape index (κ1) is 18.9. The number of rotatable bonds is 5. The molecule has 0 spiro atoms. The number of halogens is 1. The molecular weight excluding hydrogens is 327 g/mol. The van der Waals surface area contributed by atoms with Crippen LogP contribution >= 0.6 is 0 Å². The third-order valence-electron chi connectivity index (χ3n) is 4.32. The number of amides is 2. The highest BCUT2D eigenvalue weighted by Crippen LogP contribution is 2.22. The molecule has 1 aliphatic heterocycles. The van der Waals surface area contributed by atoms with E-state index in [1.807, 2.05) is 13.8 Å². The van der Waals surface area contributed by atoms with E-state index in [0.717, 1.165) is 25.3 Å². The van der Waals surface area contributed by atoms with Crippen molar-refractivity contribution in [2.24, 2.45) is 0 Å². The third kappa shape index (κ3) is 5.27. The number of nitrogens with one attached hydrogen (secondary N) is 1. The van der Waals surface area contributed by atoms with Crippen molar-refractivity contribution in [1.29, 1.82) is 0 Å². The van der Waals surface area contributed by atoms with Gasteiger partial charge in [0.15, 0.2) is 6.61 Å². The lowest BCUT2D eigenvalue weighted by atomic mass is 9.97. The second-order valence-electron chi connectivity index (χ2n) is 6.28. The summed E-state index contributed by atoms with van der Waals surface area (Å²) in [6, 6.07) is 5.39. The average Bonchev–Trinajstić information content (AvgIpc) is 2.57. The van der Waals surface area contributed by atoms with Crippen LogP contribution in [0.1, 0.15) is 43.5 Å². The number of ether oxygens (including phenoxy) is 1. The van der Waals surface area contributed by atoms with Gasteiger partial charge in [-0.05, 0) is 51.3 Å². The quantitative estimate of drug-likeness (QED) is 0.823. The Morgan fingerprint density at radius 3 is 2.56 bits per heavy atom. The Labute approximate surface area is 146 Å². The Kier molecular flexibility index (Phi) is 6.50. The zero-order chi connectivity index (χ0) is 18.4. The maximum Gasteiger partial charge on any atom is 0.325 e. The molecule has 7 heteroatoms. The summed E-state index contributed by atoms with van der Waals surface area (Å²) in [5.41, 5.74) is 0.111. The number of esters is 1. The lowest BCUT2D eigenvalue weighted by Gasteiger charge is -2.38. The third-order valence-corrected chi connectivity index (χ3v) is 4.32. The van der Waals surface area contributed by atoms with Gasteiger partial charge >= 0.3 is 5.97 Å². The number of piperidine rings is 1. The molecule has 1 aliphatic rings. The Morgan fingerprint density at radius 2 is 1.92 bits per heavy atom. The molecular formula is C18H23FN2O4. The molecule has 0 aliphatic carbocycles. The Bertz CT molecular complexity index is 640. The topological polar surface area (TPSA) is 75.7 Å². The van der Waals surface area contributed by atoms with Crippen LogP contribution in [0.25, 0.3) is 0 Å². The zero-order valence-electron chi connectivity index (χ0n) is 14.5. The highest BCUT2D eigenvalue weighted by Gasteiger charge is 2.29. The lowest BCUT2D eigenvalue weighted by Crippen LogP contribution is -2.49. The van der Waals surface area contributed by atoms with Crippen molar-refractivity contribution in [1.82, 2.24) is 10.2 Å². The largest absolute Gasteiger partial charge is 0.454 e. The van der Waals surface area contributed by atoms with Gasteiger partial charge in [-0.1, -0.05) is 6.07 Å². The summed E-state index contributed by atoms with van der Waals surface area (Å²) in [5.74, 6) is -2.06. The predicted octanol–water partition coefficient (Wildman–Crippen LogP) is 1.89. The number of carbonyl (C=O) groups excluding carboxylic acids is 3. The molecule has 1 aromatic rings. The Balaban J connectivity index is 1.76. The molecule has 1 N–H and O–H groups in total. The van der Waals surface area contributed by atoms with Crippen molar-refractivity contribution in [3.63, 3.8) is 0 Å². The molecule has 0 unspecified atom stereocenters. The SMILES string of the molecule is C[C@H]1CCC[C@H](C)N1C(=O)COC(=O)CNC(=O)c1cccc(F)c1. The number of likely N-dealkylation sites (tertiary alicyclic amines) is 1. The maximum absolute atomic E-state index is 13.1. The van der Waals surface area contributed by atoms with Gasteiger partial charge < -0.3 is 15.0 Å². The Hall–Kier alpha value is -2.44. The highest BCUT2D eigenvalue weighted by atomic mass is 19.1. The number of hydrogen-bond acceptors (Lipinski definition) is 4. The van der Waals surface area contributed by atoms with Gasteiger partial charge in [0.1, 0.15) is 12.4 Å². The number of carbonyl (C=O) groups is 3. The molecule has 0 bridgehead atoms. The van der Waals surface area contributed by atoms with Gasteiger partial charge in [0.05, 0.1) is 0 Å². The second kappa shape index (κ2) is 8.60. The lowest BCUT2D eigenvalue weighted by molar-refractivity contribution is -0.154. The molecule has 2 rings (SSSR count). The van der Waals surface area contributed by atoms with E-state index < -0.39 is 17.7 Å². The fourth-order valence-electron chi connectivity index (χ4n) is 3.06. The maximum atomic E-state index is 13.1. The second-order valence-corrected chi connectivity index (χ2v) is 6.28. The van der Waals surface area contributed by atoms with E-state index in [-0.39, 0.29) is 36.7 Å². The van der Waals surface area contributed by atoms with Crippen LogP contribution in [0, 0.1) is 5.82 Å². The summed E-state index contributed by atoms with van der Waals surface area (Å²) in [6.45, 7) is 3.24. The number of nitrogens with zero attached hydrogens (tertiary/aromatic N) is 1. The molecule has 2 atom stereocenters. The van der Waals surface area contributed by atoms with Crippen molar-refractivity contribution in [2.75, 3.05) is 13.2 Å². The standard InChI is InChI=1S/C18H23FN2O4/c1-12-5-3-6-13(2)21(12)16(22)11-25-17(23)10-20-18(24)14-7-4-8-15(19)9-14/h4,7-9,12-13H,3,5-6,10-11H2,1-2H3,(H,20,24)/t12-,13-/m0/s1. The fourth-order valence-corrected chi connectivity index (χ4v) is 3.06. The van der Waals surface area contributed by atoms with Gasteiger partial charge in [0.25, 0.3) is 11.8 Å². The van der Waals surface area contributed by atoms with Crippen molar-refractivity contribution in [3.8, 4) is 0 Å². The Morgan fingerprint density at radius 1 is 1.24 bits per heavy atom. The van der Waals surface area contributed by atoms with Crippen LogP contribution in [-0.4, -0.2) is 47.9 Å². The first-order valence-corrected chi connectivity index (χ1v) is 8.39. The number of benzene rings is 1. The number of hydrogen-bond donors (Lipinski definition) is 1. The van der Waals surface area contributed by atoms with Gasteiger partial charge in [0, 0.05) is 17.6 Å². The van der Waals surface area contributed by atoms with E-state index in [9.17, 15) is 18.8 Å². The molecule has 1 heterocycles. The first-order chi connectivity index (χ1) is 11.9. The molecule has 1 saturated heterocycles. The molecule has 136 valence electrons. The van der Waals surface area contributed by atoms with E-state index in [2.05, 4.69) is 5.32 Å². The average molecular weight is 350 g/mol. The van der Waals surface area contributed by atoms with E-state index in [4.69, 9.17) is 4.74 Å². The fraction of sp³-hybridized carbons (Fsp3) is 0.500. The van der Waals surface area contributed by atoms with E-state index in [1.165, 1.54) is 18.2 Å². The smallest absolute Gasteiger partial charge is 0.325 e. The van der Waals surface area contributed by atoms with Gasteiger partial charge in [0.2, 0.25) is 0 Å². The van der Waals surface area contributed by atoms with Gasteiger partial charge in [-0.15, -0.1) is 0 Å². The molecule has 0 aromatic heterocycles. The summed E-state index contributed by atoms with van der Waals surface area (Å²) in [5, 5.41) is 2.34.